The van der Waals surface area contributed by atoms with E-state index in [4.69, 9.17) is 0 Å². The maximum absolute atomic E-state index is 2.41. The van der Waals surface area contributed by atoms with Crippen molar-refractivity contribution in [3.63, 3.8) is 0 Å². The number of hydrogen-bond donors (Lipinski definition) is 0. The van der Waals surface area contributed by atoms with Gasteiger partial charge in [0.25, 0.3) is 0 Å². The standard InChI is InChI=1S/C33H30N/c1-34(2,3)30-24-29(25-16-8-4-9-17-25)31(26-18-10-5-11-19-26)33(28-22-14-7-15-23-28)32(30)27-20-12-6-13-21-27/h4-24H,1-3H3/q+1. The second-order valence-electron chi connectivity index (χ2n) is 9.54. The normalized spacial score (nSPS) is 11.4. The molecule has 0 spiro atoms. The monoisotopic (exact) mass is 440 g/mol. The maximum Gasteiger partial charge on any atom is 0.141 e. The predicted molar refractivity (Wildman–Crippen MR) is 148 cm³/mol. The summed E-state index contributed by atoms with van der Waals surface area (Å²) in [6.07, 6.45) is 0. The molecule has 0 radical (unpaired) electrons. The van der Waals surface area contributed by atoms with E-state index in [1.807, 2.05) is 0 Å². The van der Waals surface area contributed by atoms with Crippen molar-refractivity contribution in [3.05, 3.63) is 127 Å². The van der Waals surface area contributed by atoms with Crippen LogP contribution in [0, 0.1) is 0 Å². The molecular formula is C33H30N+. The van der Waals surface area contributed by atoms with Crippen molar-refractivity contribution >= 4 is 5.69 Å². The molecular weight excluding hydrogens is 410 g/mol. The molecule has 0 saturated heterocycles. The van der Waals surface area contributed by atoms with E-state index in [-0.39, 0.29) is 0 Å². The first kappa shape index (κ1) is 21.9. The van der Waals surface area contributed by atoms with Crippen molar-refractivity contribution in [1.29, 1.82) is 0 Å². The van der Waals surface area contributed by atoms with Crippen LogP contribution in [-0.4, -0.2) is 21.1 Å². The van der Waals surface area contributed by atoms with Gasteiger partial charge in [0.15, 0.2) is 0 Å². The van der Waals surface area contributed by atoms with Gasteiger partial charge in [0.1, 0.15) is 5.69 Å². The molecule has 0 aliphatic heterocycles. The highest BCUT2D eigenvalue weighted by Gasteiger charge is 2.28. The number of rotatable bonds is 5. The van der Waals surface area contributed by atoms with E-state index in [0.717, 1.165) is 4.48 Å². The Bertz CT molecular complexity index is 1380. The van der Waals surface area contributed by atoms with Gasteiger partial charge in [-0.15, -0.1) is 0 Å². The topological polar surface area (TPSA) is 0 Å². The summed E-state index contributed by atoms with van der Waals surface area (Å²) in [7, 11) is 6.77. The smallest absolute Gasteiger partial charge is 0.141 e. The number of hydrogen-bond acceptors (Lipinski definition) is 0. The Kier molecular flexibility index (Phi) is 5.88. The van der Waals surface area contributed by atoms with Gasteiger partial charge in [0.2, 0.25) is 0 Å². The molecule has 0 aliphatic rings. The van der Waals surface area contributed by atoms with Crippen molar-refractivity contribution < 1.29 is 0 Å². The van der Waals surface area contributed by atoms with E-state index >= 15 is 0 Å². The second kappa shape index (κ2) is 9.13. The third-order valence-corrected chi connectivity index (χ3v) is 6.30. The summed E-state index contributed by atoms with van der Waals surface area (Å²) >= 11 is 0. The van der Waals surface area contributed by atoms with E-state index in [1.54, 1.807) is 0 Å². The van der Waals surface area contributed by atoms with Crippen molar-refractivity contribution in [2.45, 2.75) is 0 Å². The first-order valence-corrected chi connectivity index (χ1v) is 11.8. The van der Waals surface area contributed by atoms with Crippen LogP contribution < -0.4 is 4.48 Å². The Morgan fingerprint density at radius 3 is 1.15 bits per heavy atom. The van der Waals surface area contributed by atoms with E-state index in [1.165, 1.54) is 50.2 Å². The van der Waals surface area contributed by atoms with Crippen LogP contribution in [0.15, 0.2) is 127 Å². The number of nitrogens with zero attached hydrogens (tertiary/aromatic N) is 1. The number of benzene rings is 5. The summed E-state index contributed by atoms with van der Waals surface area (Å²) in [5.74, 6) is 0. The van der Waals surface area contributed by atoms with Crippen LogP contribution in [0.3, 0.4) is 0 Å². The fraction of sp³-hybridized carbons (Fsp3) is 0.0909. The molecule has 0 bridgehead atoms. The molecule has 0 aromatic heterocycles. The molecule has 34 heavy (non-hydrogen) atoms. The zero-order valence-corrected chi connectivity index (χ0v) is 20.1. The first-order chi connectivity index (χ1) is 16.5. The Hall–Kier alpha value is -3.94. The SMILES string of the molecule is C[N+](C)(C)c1cc(-c2ccccc2)c(-c2ccccc2)c(-c2ccccc2)c1-c1ccccc1. The van der Waals surface area contributed by atoms with Gasteiger partial charge in [-0.2, -0.15) is 0 Å². The van der Waals surface area contributed by atoms with Gasteiger partial charge < -0.3 is 0 Å². The molecule has 0 unspecified atom stereocenters. The summed E-state index contributed by atoms with van der Waals surface area (Å²) in [6.45, 7) is 0. The summed E-state index contributed by atoms with van der Waals surface area (Å²) in [5.41, 5.74) is 11.3. The first-order valence-electron chi connectivity index (χ1n) is 11.8. The van der Waals surface area contributed by atoms with E-state index in [0.29, 0.717) is 0 Å². The van der Waals surface area contributed by atoms with Gasteiger partial charge in [-0.1, -0.05) is 121 Å². The Morgan fingerprint density at radius 1 is 0.382 bits per heavy atom. The predicted octanol–water partition coefficient (Wildman–Crippen LogP) is 8.55. The van der Waals surface area contributed by atoms with Crippen LogP contribution in [0.25, 0.3) is 44.5 Å². The Balaban J connectivity index is 2.02. The fourth-order valence-electron chi connectivity index (χ4n) is 4.74. The molecule has 0 saturated carbocycles. The lowest BCUT2D eigenvalue weighted by molar-refractivity contribution is 0.488. The molecule has 1 heteroatoms. The molecule has 5 aromatic carbocycles. The van der Waals surface area contributed by atoms with Crippen molar-refractivity contribution in [2.24, 2.45) is 0 Å². The van der Waals surface area contributed by atoms with Crippen LogP contribution in [0.2, 0.25) is 0 Å². The third-order valence-electron chi connectivity index (χ3n) is 6.30. The zero-order valence-electron chi connectivity index (χ0n) is 20.1. The van der Waals surface area contributed by atoms with Crippen LogP contribution in [0.5, 0.6) is 0 Å². The zero-order chi connectivity index (χ0) is 23.5. The molecule has 166 valence electrons. The summed E-state index contributed by atoms with van der Waals surface area (Å²) in [4.78, 5) is 0. The molecule has 1 nitrogen and oxygen atoms in total. The highest BCUT2D eigenvalue weighted by atomic mass is 15.3. The van der Waals surface area contributed by atoms with Crippen LogP contribution in [0.4, 0.5) is 5.69 Å². The fourth-order valence-corrected chi connectivity index (χ4v) is 4.74. The minimum absolute atomic E-state index is 0.721. The van der Waals surface area contributed by atoms with Gasteiger partial charge in [-0.25, -0.2) is 0 Å². The quantitative estimate of drug-likeness (QED) is 0.240. The Morgan fingerprint density at radius 2 is 0.735 bits per heavy atom. The molecule has 0 atom stereocenters. The minimum atomic E-state index is 0.721. The molecule has 5 rings (SSSR count). The highest BCUT2D eigenvalue weighted by Crippen LogP contribution is 2.50. The van der Waals surface area contributed by atoms with Gasteiger partial charge in [0, 0.05) is 11.6 Å². The van der Waals surface area contributed by atoms with Gasteiger partial charge in [-0.3, -0.25) is 4.48 Å². The lowest BCUT2D eigenvalue weighted by atomic mass is 9.81. The average molecular weight is 441 g/mol. The van der Waals surface area contributed by atoms with Crippen molar-refractivity contribution in [1.82, 2.24) is 4.48 Å². The third kappa shape index (κ3) is 4.19. The number of quaternary nitrogens is 1. The maximum atomic E-state index is 2.41. The highest BCUT2D eigenvalue weighted by molar-refractivity contribution is 6.06. The van der Waals surface area contributed by atoms with Crippen LogP contribution in [-0.2, 0) is 0 Å². The van der Waals surface area contributed by atoms with Crippen molar-refractivity contribution in [3.8, 4) is 44.5 Å². The average Bonchev–Trinajstić information content (AvgIpc) is 2.89. The van der Waals surface area contributed by atoms with Gasteiger partial charge in [-0.05, 0) is 33.4 Å². The van der Waals surface area contributed by atoms with E-state index in [9.17, 15) is 0 Å². The van der Waals surface area contributed by atoms with Crippen LogP contribution in [0.1, 0.15) is 0 Å². The van der Waals surface area contributed by atoms with E-state index in [2.05, 4.69) is 149 Å². The molecule has 0 aliphatic carbocycles. The van der Waals surface area contributed by atoms with E-state index < -0.39 is 0 Å². The van der Waals surface area contributed by atoms with Crippen LogP contribution >= 0.6 is 0 Å². The summed E-state index contributed by atoms with van der Waals surface area (Å²) in [5, 5.41) is 0. The molecule has 0 N–H and O–H groups in total. The summed E-state index contributed by atoms with van der Waals surface area (Å²) < 4.78 is 0.721. The Labute approximate surface area is 203 Å². The molecule has 5 aromatic rings. The summed E-state index contributed by atoms with van der Waals surface area (Å²) in [6, 6.07) is 45.7. The largest absolute Gasteiger partial charge is 0.298 e. The minimum Gasteiger partial charge on any atom is -0.298 e. The molecule has 0 amide bonds. The lowest BCUT2D eigenvalue weighted by Crippen LogP contribution is -2.35. The van der Waals surface area contributed by atoms with Gasteiger partial charge in [0.05, 0.1) is 26.7 Å². The lowest BCUT2D eigenvalue weighted by Gasteiger charge is -2.31. The second-order valence-corrected chi connectivity index (χ2v) is 9.54. The van der Waals surface area contributed by atoms with Gasteiger partial charge >= 0.3 is 0 Å². The molecule has 0 fully saturated rings. The molecule has 0 heterocycles. The van der Waals surface area contributed by atoms with Crippen molar-refractivity contribution in [2.75, 3.05) is 21.1 Å².